The number of Topliss-reactive ketones (excluding diaryl/α,β-unsaturated/α-hetero) is 1. The van der Waals surface area contributed by atoms with Crippen LogP contribution >= 0.6 is 0 Å². The molecule has 23 heavy (non-hydrogen) atoms. The smallest absolute Gasteiger partial charge is 0.130 e. The lowest BCUT2D eigenvalue weighted by molar-refractivity contribution is -0.116. The number of ketones is 1. The molecule has 0 amide bonds. The molecule has 0 atom stereocenters. The number of ether oxygens (including phenoxy) is 1. The van der Waals surface area contributed by atoms with Crippen molar-refractivity contribution in [1.82, 2.24) is 0 Å². The Morgan fingerprint density at radius 3 is 2.22 bits per heavy atom. The maximum atomic E-state index is 11.0. The summed E-state index contributed by atoms with van der Waals surface area (Å²) in [4.78, 5) is 11.0. The van der Waals surface area contributed by atoms with Gasteiger partial charge in [-0.1, -0.05) is 42.5 Å². The number of rotatable bonds is 10. The molecule has 0 bridgehead atoms. The van der Waals surface area contributed by atoms with E-state index in [0.717, 1.165) is 31.6 Å². The van der Waals surface area contributed by atoms with Crippen LogP contribution in [0.5, 0.6) is 5.75 Å². The predicted molar refractivity (Wildman–Crippen MR) is 94.9 cm³/mol. The molecule has 122 valence electrons. The molecule has 0 saturated heterocycles. The molecule has 2 nitrogen and oxygen atoms in total. The van der Waals surface area contributed by atoms with E-state index in [9.17, 15) is 4.79 Å². The number of hydrogen-bond acceptors (Lipinski definition) is 2. The average Bonchev–Trinajstić information content (AvgIpc) is 2.58. The summed E-state index contributed by atoms with van der Waals surface area (Å²) in [7, 11) is 0. The van der Waals surface area contributed by atoms with Gasteiger partial charge in [0.15, 0.2) is 0 Å². The SMILES string of the molecule is CC(=O)CCc1ccc(OCCCCCc2ccccc2)cc1. The summed E-state index contributed by atoms with van der Waals surface area (Å²) in [5, 5.41) is 0. The Morgan fingerprint density at radius 2 is 1.52 bits per heavy atom. The lowest BCUT2D eigenvalue weighted by Crippen LogP contribution is -1.98. The number of carbonyl (C=O) groups excluding carboxylic acids is 1. The molecule has 0 unspecified atom stereocenters. The van der Waals surface area contributed by atoms with Crippen molar-refractivity contribution in [2.75, 3.05) is 6.61 Å². The van der Waals surface area contributed by atoms with Gasteiger partial charge in [0, 0.05) is 6.42 Å². The third kappa shape index (κ3) is 7.14. The van der Waals surface area contributed by atoms with Crippen LogP contribution < -0.4 is 4.74 Å². The van der Waals surface area contributed by atoms with Gasteiger partial charge in [-0.3, -0.25) is 0 Å². The molecule has 0 radical (unpaired) electrons. The number of unbranched alkanes of at least 4 members (excludes halogenated alkanes) is 2. The molecule has 0 N–H and O–H groups in total. The van der Waals surface area contributed by atoms with Gasteiger partial charge in [0.05, 0.1) is 6.61 Å². The van der Waals surface area contributed by atoms with E-state index in [1.165, 1.54) is 24.0 Å². The van der Waals surface area contributed by atoms with Gasteiger partial charge >= 0.3 is 0 Å². The van der Waals surface area contributed by atoms with Gasteiger partial charge in [0.25, 0.3) is 0 Å². The standard InChI is InChI=1S/C21H26O2/c1-18(22)11-12-20-13-15-21(16-14-20)23-17-7-3-6-10-19-8-4-2-5-9-19/h2,4-5,8-9,13-16H,3,6-7,10-12,17H2,1H3. The van der Waals surface area contributed by atoms with E-state index < -0.39 is 0 Å². The Labute approximate surface area is 139 Å². The summed E-state index contributed by atoms with van der Waals surface area (Å²) in [5.41, 5.74) is 2.60. The number of carbonyl (C=O) groups is 1. The molecule has 0 aromatic heterocycles. The zero-order valence-corrected chi connectivity index (χ0v) is 14.0. The number of aryl methyl sites for hydroxylation is 2. The quantitative estimate of drug-likeness (QED) is 0.577. The Morgan fingerprint density at radius 1 is 0.826 bits per heavy atom. The molecule has 0 spiro atoms. The first-order chi connectivity index (χ1) is 11.2. The Balaban J connectivity index is 1.58. The van der Waals surface area contributed by atoms with E-state index >= 15 is 0 Å². The minimum absolute atomic E-state index is 0.237. The van der Waals surface area contributed by atoms with Crippen molar-refractivity contribution in [1.29, 1.82) is 0 Å². The number of hydrogen-bond donors (Lipinski definition) is 0. The summed E-state index contributed by atoms with van der Waals surface area (Å²) in [5.74, 6) is 1.15. The van der Waals surface area contributed by atoms with E-state index in [-0.39, 0.29) is 5.78 Å². The lowest BCUT2D eigenvalue weighted by atomic mass is 10.1. The molecule has 0 aliphatic heterocycles. The minimum atomic E-state index is 0.237. The van der Waals surface area contributed by atoms with Crippen LogP contribution in [0.15, 0.2) is 54.6 Å². The second-order valence-electron chi connectivity index (χ2n) is 5.99. The van der Waals surface area contributed by atoms with E-state index in [2.05, 4.69) is 30.3 Å². The third-order valence-corrected chi connectivity index (χ3v) is 3.91. The largest absolute Gasteiger partial charge is 0.494 e. The molecule has 2 aromatic carbocycles. The molecule has 0 aliphatic carbocycles. The van der Waals surface area contributed by atoms with Crippen LogP contribution in [0.3, 0.4) is 0 Å². The monoisotopic (exact) mass is 310 g/mol. The first-order valence-electron chi connectivity index (χ1n) is 8.49. The molecule has 2 aromatic rings. The molecular formula is C21H26O2. The molecule has 0 aliphatic rings. The number of benzene rings is 2. The van der Waals surface area contributed by atoms with Crippen LogP contribution in [0, 0.1) is 0 Å². The molecule has 0 heterocycles. The van der Waals surface area contributed by atoms with Crippen LogP contribution in [0.1, 0.15) is 43.7 Å². The van der Waals surface area contributed by atoms with Crippen LogP contribution in [0.4, 0.5) is 0 Å². The van der Waals surface area contributed by atoms with Gasteiger partial charge in [0.1, 0.15) is 11.5 Å². The maximum Gasteiger partial charge on any atom is 0.130 e. The Hall–Kier alpha value is -2.09. The van der Waals surface area contributed by atoms with E-state index in [0.29, 0.717) is 6.42 Å². The van der Waals surface area contributed by atoms with Crippen molar-refractivity contribution in [2.24, 2.45) is 0 Å². The summed E-state index contributed by atoms with van der Waals surface area (Å²) in [6.07, 6.45) is 6.05. The summed E-state index contributed by atoms with van der Waals surface area (Å²) < 4.78 is 5.77. The predicted octanol–water partition coefficient (Wildman–Crippen LogP) is 5.00. The van der Waals surface area contributed by atoms with E-state index in [1.807, 2.05) is 24.3 Å². The van der Waals surface area contributed by atoms with Crippen molar-refractivity contribution < 1.29 is 9.53 Å². The van der Waals surface area contributed by atoms with Gasteiger partial charge in [0.2, 0.25) is 0 Å². The van der Waals surface area contributed by atoms with E-state index in [1.54, 1.807) is 6.92 Å². The van der Waals surface area contributed by atoms with Crippen LogP contribution in [0.2, 0.25) is 0 Å². The van der Waals surface area contributed by atoms with Crippen molar-refractivity contribution in [3.05, 3.63) is 65.7 Å². The van der Waals surface area contributed by atoms with Crippen molar-refractivity contribution in [2.45, 2.75) is 45.4 Å². The first-order valence-corrected chi connectivity index (χ1v) is 8.49. The fraction of sp³-hybridized carbons (Fsp3) is 0.381. The van der Waals surface area contributed by atoms with Crippen LogP contribution in [0.25, 0.3) is 0 Å². The van der Waals surface area contributed by atoms with Crippen molar-refractivity contribution in [3.63, 3.8) is 0 Å². The molecule has 2 rings (SSSR count). The fourth-order valence-electron chi connectivity index (χ4n) is 2.52. The van der Waals surface area contributed by atoms with Gasteiger partial charge in [-0.2, -0.15) is 0 Å². The first kappa shape index (κ1) is 17.3. The highest BCUT2D eigenvalue weighted by Crippen LogP contribution is 2.14. The normalized spacial score (nSPS) is 10.5. The molecule has 2 heteroatoms. The highest BCUT2D eigenvalue weighted by Gasteiger charge is 1.99. The molecule has 0 saturated carbocycles. The maximum absolute atomic E-state index is 11.0. The average molecular weight is 310 g/mol. The van der Waals surface area contributed by atoms with E-state index in [4.69, 9.17) is 4.74 Å². The Kier molecular flexibility index (Phi) is 7.38. The topological polar surface area (TPSA) is 26.3 Å². The van der Waals surface area contributed by atoms with Gasteiger partial charge in [-0.25, -0.2) is 0 Å². The second kappa shape index (κ2) is 9.83. The summed E-state index contributed by atoms with van der Waals surface area (Å²) in [6.45, 7) is 2.40. The molecular weight excluding hydrogens is 284 g/mol. The van der Waals surface area contributed by atoms with Crippen molar-refractivity contribution in [3.8, 4) is 5.75 Å². The van der Waals surface area contributed by atoms with Crippen LogP contribution in [-0.4, -0.2) is 12.4 Å². The zero-order valence-electron chi connectivity index (χ0n) is 14.0. The second-order valence-corrected chi connectivity index (χ2v) is 5.99. The summed E-state index contributed by atoms with van der Waals surface area (Å²) >= 11 is 0. The van der Waals surface area contributed by atoms with Gasteiger partial charge in [-0.15, -0.1) is 0 Å². The van der Waals surface area contributed by atoms with Crippen LogP contribution in [-0.2, 0) is 17.6 Å². The third-order valence-electron chi connectivity index (χ3n) is 3.91. The molecule has 0 fully saturated rings. The van der Waals surface area contributed by atoms with Crippen molar-refractivity contribution >= 4 is 5.78 Å². The summed E-state index contributed by atoms with van der Waals surface area (Å²) in [6, 6.07) is 18.7. The highest BCUT2D eigenvalue weighted by atomic mass is 16.5. The highest BCUT2D eigenvalue weighted by molar-refractivity contribution is 5.75. The minimum Gasteiger partial charge on any atom is -0.494 e. The fourth-order valence-corrected chi connectivity index (χ4v) is 2.52. The zero-order chi connectivity index (χ0) is 16.3. The lowest BCUT2D eigenvalue weighted by Gasteiger charge is -2.07. The Bertz CT molecular complexity index is 573. The van der Waals surface area contributed by atoms with Gasteiger partial charge < -0.3 is 9.53 Å². The van der Waals surface area contributed by atoms with Gasteiger partial charge in [-0.05, 0) is 62.3 Å².